The number of nitrogens with zero attached hydrogens (tertiary/aromatic N) is 2. The molecule has 0 radical (unpaired) electrons. The van der Waals surface area contributed by atoms with Crippen molar-refractivity contribution < 1.29 is 9.59 Å². The number of nitrogens with one attached hydrogen (secondary N) is 2. The van der Waals surface area contributed by atoms with Crippen molar-refractivity contribution in [3.05, 3.63) is 27.9 Å². The number of carbonyl (C=O) groups is 2. The Morgan fingerprint density at radius 1 is 1.43 bits per heavy atom. The van der Waals surface area contributed by atoms with E-state index in [2.05, 4.69) is 15.3 Å². The number of carbonyl (C=O) groups excluding carboxylic acids is 2. The molecule has 2 fully saturated rings. The van der Waals surface area contributed by atoms with E-state index >= 15 is 0 Å². The van der Waals surface area contributed by atoms with Crippen molar-refractivity contribution in [2.45, 2.75) is 13.0 Å². The lowest BCUT2D eigenvalue weighted by Crippen LogP contribution is -2.62. The van der Waals surface area contributed by atoms with Crippen molar-refractivity contribution in [1.29, 1.82) is 0 Å². The molecule has 0 aromatic carbocycles. The first kappa shape index (κ1) is 14.1. The van der Waals surface area contributed by atoms with Crippen LogP contribution in [0, 0.1) is 12.8 Å². The van der Waals surface area contributed by atoms with Gasteiger partial charge in [-0.3, -0.25) is 14.4 Å². The summed E-state index contributed by atoms with van der Waals surface area (Å²) < 4.78 is 0. The van der Waals surface area contributed by atoms with Crippen molar-refractivity contribution in [2.24, 2.45) is 5.92 Å². The number of aryl methyl sites for hydroxylation is 1. The molecule has 1 aromatic heterocycles. The topological polar surface area (TPSA) is 95.2 Å². The molecular formula is C13H16N4O3S. The van der Waals surface area contributed by atoms with Gasteiger partial charge in [0.15, 0.2) is 0 Å². The number of rotatable bonds is 3. The van der Waals surface area contributed by atoms with Gasteiger partial charge in [-0.2, -0.15) is 11.8 Å². The van der Waals surface area contributed by atoms with Gasteiger partial charge in [-0.15, -0.1) is 0 Å². The van der Waals surface area contributed by atoms with Gasteiger partial charge in [-0.05, 0) is 6.92 Å². The molecule has 3 heterocycles. The number of amides is 2. The van der Waals surface area contributed by atoms with E-state index in [-0.39, 0.29) is 35.0 Å². The Hall–Kier alpha value is -1.83. The third kappa shape index (κ3) is 2.94. The average molecular weight is 308 g/mol. The molecule has 8 heteroatoms. The maximum absolute atomic E-state index is 12.0. The van der Waals surface area contributed by atoms with Crippen LogP contribution in [-0.2, 0) is 4.79 Å². The van der Waals surface area contributed by atoms with Crippen LogP contribution in [0.2, 0.25) is 0 Å². The van der Waals surface area contributed by atoms with E-state index in [1.54, 1.807) is 23.6 Å². The van der Waals surface area contributed by atoms with E-state index in [0.717, 1.165) is 11.5 Å². The van der Waals surface area contributed by atoms with Gasteiger partial charge in [-0.1, -0.05) is 0 Å². The lowest BCUT2D eigenvalue weighted by molar-refractivity contribution is -0.139. The third-order valence-electron chi connectivity index (χ3n) is 3.61. The number of aromatic amines is 1. The van der Waals surface area contributed by atoms with Crippen LogP contribution >= 0.6 is 11.8 Å². The zero-order valence-electron chi connectivity index (χ0n) is 11.6. The summed E-state index contributed by atoms with van der Waals surface area (Å²) >= 11 is 1.78. The molecule has 0 aliphatic carbocycles. The van der Waals surface area contributed by atoms with Gasteiger partial charge in [0, 0.05) is 30.7 Å². The fourth-order valence-corrected chi connectivity index (χ4v) is 3.10. The van der Waals surface area contributed by atoms with Crippen LogP contribution in [0.5, 0.6) is 0 Å². The van der Waals surface area contributed by atoms with Gasteiger partial charge in [0.1, 0.15) is 11.5 Å². The number of thioether (sulfide) groups is 1. The van der Waals surface area contributed by atoms with Crippen LogP contribution in [0.25, 0.3) is 0 Å². The highest BCUT2D eigenvalue weighted by Gasteiger charge is 2.37. The summed E-state index contributed by atoms with van der Waals surface area (Å²) in [6.07, 6.45) is 0. The molecular weight excluding hydrogens is 292 g/mol. The second-order valence-electron chi connectivity index (χ2n) is 5.36. The Kier molecular flexibility index (Phi) is 3.71. The molecule has 2 amide bonds. The average Bonchev–Trinajstić information content (AvgIpc) is 2.29. The van der Waals surface area contributed by atoms with Crippen molar-refractivity contribution in [2.75, 3.05) is 24.6 Å². The maximum atomic E-state index is 12.0. The van der Waals surface area contributed by atoms with Gasteiger partial charge < -0.3 is 15.2 Å². The minimum Gasteiger partial charge on any atom is -0.344 e. The van der Waals surface area contributed by atoms with E-state index in [1.807, 2.05) is 0 Å². The third-order valence-corrected chi connectivity index (χ3v) is 4.88. The van der Waals surface area contributed by atoms with Crippen molar-refractivity contribution in [3.8, 4) is 0 Å². The molecule has 7 nitrogen and oxygen atoms in total. The number of hydrogen-bond acceptors (Lipinski definition) is 5. The van der Waals surface area contributed by atoms with Crippen LogP contribution in [0.3, 0.4) is 0 Å². The minimum absolute atomic E-state index is 0.0597. The molecule has 2 aliphatic heterocycles. The van der Waals surface area contributed by atoms with Crippen LogP contribution in [0.4, 0.5) is 0 Å². The predicted octanol–water partition coefficient (Wildman–Crippen LogP) is -0.618. The highest BCUT2D eigenvalue weighted by Crippen LogP contribution is 2.27. The number of H-pyrrole nitrogens is 1. The van der Waals surface area contributed by atoms with Gasteiger partial charge in [-0.25, -0.2) is 4.98 Å². The van der Waals surface area contributed by atoms with Gasteiger partial charge >= 0.3 is 0 Å². The summed E-state index contributed by atoms with van der Waals surface area (Å²) in [5, 5.41) is 2.79. The molecule has 21 heavy (non-hydrogen) atoms. The van der Waals surface area contributed by atoms with Crippen LogP contribution in [0.1, 0.15) is 16.3 Å². The molecule has 2 aliphatic rings. The number of likely N-dealkylation sites (tertiary alicyclic amines) is 1. The van der Waals surface area contributed by atoms with Crippen LogP contribution in [0.15, 0.2) is 10.9 Å². The van der Waals surface area contributed by atoms with Crippen molar-refractivity contribution >= 4 is 23.6 Å². The second kappa shape index (κ2) is 5.51. The minimum atomic E-state index is -0.375. The summed E-state index contributed by atoms with van der Waals surface area (Å²) in [6.45, 7) is 2.69. The first-order valence-electron chi connectivity index (χ1n) is 6.78. The molecule has 0 spiro atoms. The lowest BCUT2D eigenvalue weighted by atomic mass is 10.0. The Bertz CT molecular complexity index is 635. The SMILES string of the molecule is Cc1nc(C(=O)NC2CN(C(=O)C3CSC3)C2)cc(=O)[nH]1. The largest absolute Gasteiger partial charge is 0.344 e. The predicted molar refractivity (Wildman–Crippen MR) is 78.2 cm³/mol. The van der Waals surface area contributed by atoms with E-state index < -0.39 is 0 Å². The van der Waals surface area contributed by atoms with Gasteiger partial charge in [0.2, 0.25) is 5.91 Å². The first-order chi connectivity index (χ1) is 10.0. The number of aromatic nitrogens is 2. The van der Waals surface area contributed by atoms with Crippen LogP contribution < -0.4 is 10.9 Å². The maximum Gasteiger partial charge on any atom is 0.270 e. The van der Waals surface area contributed by atoms with Crippen molar-refractivity contribution in [1.82, 2.24) is 20.2 Å². The highest BCUT2D eigenvalue weighted by atomic mass is 32.2. The molecule has 0 saturated carbocycles. The van der Waals surface area contributed by atoms with Crippen molar-refractivity contribution in [3.63, 3.8) is 0 Å². The summed E-state index contributed by atoms with van der Waals surface area (Å²) in [4.78, 5) is 43.5. The summed E-state index contributed by atoms with van der Waals surface area (Å²) in [6, 6.07) is 1.12. The standard InChI is InChI=1S/C13H16N4O3S/c1-7-14-10(2-11(18)15-7)12(19)16-9-3-17(4-9)13(20)8-5-21-6-8/h2,8-9H,3-6H2,1H3,(H,16,19)(H,14,15,18). The highest BCUT2D eigenvalue weighted by molar-refractivity contribution is 8.00. The quantitative estimate of drug-likeness (QED) is 0.776. The molecule has 2 N–H and O–H groups in total. The van der Waals surface area contributed by atoms with E-state index in [1.165, 1.54) is 6.07 Å². The summed E-state index contributed by atoms with van der Waals surface area (Å²) in [7, 11) is 0. The van der Waals surface area contributed by atoms with E-state index in [4.69, 9.17) is 0 Å². The Balaban J connectivity index is 1.53. The molecule has 0 unspecified atom stereocenters. The molecule has 3 rings (SSSR count). The molecule has 1 aromatic rings. The Morgan fingerprint density at radius 3 is 2.71 bits per heavy atom. The lowest BCUT2D eigenvalue weighted by Gasteiger charge is -2.42. The molecule has 0 atom stereocenters. The number of hydrogen-bond donors (Lipinski definition) is 2. The zero-order chi connectivity index (χ0) is 15.0. The van der Waals surface area contributed by atoms with E-state index in [9.17, 15) is 14.4 Å². The molecule has 2 saturated heterocycles. The first-order valence-corrected chi connectivity index (χ1v) is 7.94. The Labute approximate surface area is 125 Å². The fourth-order valence-electron chi connectivity index (χ4n) is 2.34. The molecule has 112 valence electrons. The molecule has 0 bridgehead atoms. The van der Waals surface area contributed by atoms with Crippen LogP contribution in [-0.4, -0.2) is 57.3 Å². The van der Waals surface area contributed by atoms with Gasteiger partial charge in [0.25, 0.3) is 11.5 Å². The normalized spacial score (nSPS) is 18.8. The monoisotopic (exact) mass is 308 g/mol. The Morgan fingerprint density at radius 2 is 2.14 bits per heavy atom. The summed E-state index contributed by atoms with van der Waals surface area (Å²) in [5.41, 5.74) is -0.239. The van der Waals surface area contributed by atoms with E-state index in [0.29, 0.717) is 18.9 Å². The smallest absolute Gasteiger partial charge is 0.270 e. The van der Waals surface area contributed by atoms with Gasteiger partial charge in [0.05, 0.1) is 12.0 Å². The zero-order valence-corrected chi connectivity index (χ0v) is 12.4. The second-order valence-corrected chi connectivity index (χ2v) is 6.44. The summed E-state index contributed by atoms with van der Waals surface area (Å²) in [5.74, 6) is 2.18. The fraction of sp³-hybridized carbons (Fsp3) is 0.538.